The Hall–Kier alpha value is -2.42. The van der Waals surface area contributed by atoms with Gasteiger partial charge in [-0.15, -0.1) is 0 Å². The van der Waals surface area contributed by atoms with E-state index >= 15 is 0 Å². The molecule has 9 heteroatoms. The number of fused-ring (bicyclic) bond motifs is 2. The number of likely N-dealkylation sites (tertiary alicyclic amines) is 1. The van der Waals surface area contributed by atoms with Crippen LogP contribution in [0.4, 0.5) is 0 Å². The maximum Gasteiger partial charge on any atom is 0.340 e. The highest BCUT2D eigenvalue weighted by Gasteiger charge is 2.51. The third-order valence-corrected chi connectivity index (χ3v) is 9.30. The first-order valence-electron chi connectivity index (χ1n) is 12.1. The topological polar surface area (TPSA) is 84.0 Å². The van der Waals surface area contributed by atoms with Gasteiger partial charge in [0.2, 0.25) is 10.0 Å². The number of carbonyl (C=O) groups excluding carboxylic acids is 2. The lowest BCUT2D eigenvalue weighted by Gasteiger charge is -2.39. The van der Waals surface area contributed by atoms with Crippen LogP contribution in [0.2, 0.25) is 5.02 Å². The van der Waals surface area contributed by atoms with Gasteiger partial charge in [-0.25, -0.2) is 13.2 Å². The van der Waals surface area contributed by atoms with Crippen molar-refractivity contribution in [2.45, 2.75) is 57.5 Å². The Morgan fingerprint density at radius 1 is 1.11 bits per heavy atom. The van der Waals surface area contributed by atoms with Crippen LogP contribution in [0.5, 0.6) is 0 Å². The summed E-state index contributed by atoms with van der Waals surface area (Å²) in [4.78, 5) is 27.6. The highest BCUT2D eigenvalue weighted by molar-refractivity contribution is 7.89. The second-order valence-electron chi connectivity index (χ2n) is 11.2. The number of esters is 1. The van der Waals surface area contributed by atoms with Gasteiger partial charge >= 0.3 is 5.97 Å². The molecule has 0 aromatic heterocycles. The van der Waals surface area contributed by atoms with Crippen LogP contribution < -0.4 is 0 Å². The van der Waals surface area contributed by atoms with Gasteiger partial charge in [0.1, 0.15) is 0 Å². The Labute approximate surface area is 218 Å². The fourth-order valence-electron chi connectivity index (χ4n) is 5.97. The third kappa shape index (κ3) is 5.61. The zero-order chi connectivity index (χ0) is 26.3. The average Bonchev–Trinajstić information content (AvgIpc) is 3.06. The number of halogens is 1. The Balaban J connectivity index is 1.44. The number of hydrogen-bond acceptors (Lipinski definition) is 5. The molecule has 1 saturated carbocycles. The number of amides is 1. The first-order chi connectivity index (χ1) is 16.8. The second kappa shape index (κ2) is 9.80. The van der Waals surface area contributed by atoms with E-state index in [1.165, 1.54) is 29.6 Å². The van der Waals surface area contributed by atoms with Crippen LogP contribution in [-0.4, -0.2) is 55.7 Å². The molecule has 4 rings (SSSR count). The smallest absolute Gasteiger partial charge is 0.340 e. The maximum atomic E-state index is 13.1. The predicted molar refractivity (Wildman–Crippen MR) is 138 cm³/mol. The van der Waals surface area contributed by atoms with E-state index in [2.05, 4.69) is 20.8 Å². The van der Waals surface area contributed by atoms with Crippen molar-refractivity contribution >= 4 is 33.5 Å². The summed E-state index contributed by atoms with van der Waals surface area (Å²) in [6.45, 7) is 7.08. The number of carbonyl (C=O) groups is 2. The zero-order valence-electron chi connectivity index (χ0n) is 21.2. The Morgan fingerprint density at radius 3 is 2.50 bits per heavy atom. The van der Waals surface area contributed by atoms with Crippen LogP contribution >= 0.6 is 11.6 Å². The molecule has 36 heavy (non-hydrogen) atoms. The summed E-state index contributed by atoms with van der Waals surface area (Å²) in [6, 6.07) is 13.3. The monoisotopic (exact) mass is 532 g/mol. The number of rotatable bonds is 7. The van der Waals surface area contributed by atoms with E-state index in [-0.39, 0.29) is 44.8 Å². The van der Waals surface area contributed by atoms with Gasteiger partial charge in [0.05, 0.1) is 15.5 Å². The van der Waals surface area contributed by atoms with Gasteiger partial charge in [0.25, 0.3) is 5.91 Å². The predicted octanol–water partition coefficient (Wildman–Crippen LogP) is 4.74. The molecule has 1 heterocycles. The van der Waals surface area contributed by atoms with Gasteiger partial charge in [0.15, 0.2) is 6.61 Å². The van der Waals surface area contributed by atoms with Gasteiger partial charge in [0, 0.05) is 26.2 Å². The summed E-state index contributed by atoms with van der Waals surface area (Å²) in [6.07, 6.45) is 2.93. The lowest BCUT2D eigenvalue weighted by atomic mass is 9.65. The van der Waals surface area contributed by atoms with Crippen molar-refractivity contribution in [3.8, 4) is 0 Å². The molecule has 1 amide bonds. The van der Waals surface area contributed by atoms with E-state index < -0.39 is 22.6 Å². The molecule has 1 aliphatic heterocycles. The van der Waals surface area contributed by atoms with Crippen LogP contribution in [0.25, 0.3) is 0 Å². The third-order valence-electron chi connectivity index (χ3n) is 7.18. The van der Waals surface area contributed by atoms with Crippen LogP contribution in [0.1, 0.15) is 56.0 Å². The van der Waals surface area contributed by atoms with E-state index in [0.29, 0.717) is 6.54 Å². The molecule has 1 aliphatic carbocycles. The Morgan fingerprint density at radius 2 is 1.81 bits per heavy atom. The standard InChI is InChI=1S/C27H33ClN2O5S/c1-26(2)13-20-14-27(3,17-26)18-30(20)24(31)16-35-25(32)22-12-21(10-11-23(22)28)36(33,34)29(4)15-19-8-6-5-7-9-19/h5-12,20H,13-18H2,1-4H3. The fraction of sp³-hybridized carbons (Fsp3) is 0.481. The van der Waals surface area contributed by atoms with Crippen molar-refractivity contribution in [3.05, 3.63) is 64.7 Å². The summed E-state index contributed by atoms with van der Waals surface area (Å²) in [5.74, 6) is -1.07. The number of benzene rings is 2. The van der Waals surface area contributed by atoms with Crippen LogP contribution in [0.3, 0.4) is 0 Å². The van der Waals surface area contributed by atoms with Gasteiger partial charge in [-0.1, -0.05) is 62.7 Å². The molecule has 2 aromatic carbocycles. The lowest BCUT2D eigenvalue weighted by molar-refractivity contribution is -0.135. The molecular weight excluding hydrogens is 500 g/mol. The van der Waals surface area contributed by atoms with Gasteiger partial charge in [-0.3, -0.25) is 4.79 Å². The molecule has 0 radical (unpaired) electrons. The van der Waals surface area contributed by atoms with Gasteiger partial charge < -0.3 is 9.64 Å². The minimum atomic E-state index is -3.89. The Bertz CT molecular complexity index is 1260. The zero-order valence-corrected chi connectivity index (χ0v) is 22.7. The number of hydrogen-bond donors (Lipinski definition) is 0. The van der Waals surface area contributed by atoms with Crippen molar-refractivity contribution < 1.29 is 22.7 Å². The quantitative estimate of drug-likeness (QED) is 0.481. The van der Waals surface area contributed by atoms with Crippen molar-refractivity contribution in [3.63, 3.8) is 0 Å². The summed E-state index contributed by atoms with van der Waals surface area (Å²) in [7, 11) is -2.42. The van der Waals surface area contributed by atoms with Crippen molar-refractivity contribution in [2.24, 2.45) is 10.8 Å². The molecule has 2 fully saturated rings. The highest BCUT2D eigenvalue weighted by Crippen LogP contribution is 2.52. The van der Waals surface area contributed by atoms with Crippen LogP contribution in [-0.2, 0) is 26.1 Å². The van der Waals surface area contributed by atoms with E-state index in [4.69, 9.17) is 16.3 Å². The molecule has 2 unspecified atom stereocenters. The van der Waals surface area contributed by atoms with Crippen LogP contribution in [0, 0.1) is 10.8 Å². The number of ether oxygens (including phenoxy) is 1. The molecular formula is C27H33ClN2O5S. The number of sulfonamides is 1. The summed E-state index contributed by atoms with van der Waals surface area (Å²) >= 11 is 6.21. The normalized spacial score (nSPS) is 23.1. The minimum Gasteiger partial charge on any atom is -0.452 e. The van der Waals surface area contributed by atoms with E-state index in [1.54, 1.807) is 0 Å². The lowest BCUT2D eigenvalue weighted by Crippen LogP contribution is -2.39. The molecule has 7 nitrogen and oxygen atoms in total. The largest absolute Gasteiger partial charge is 0.452 e. The molecule has 0 N–H and O–H groups in total. The van der Waals surface area contributed by atoms with Gasteiger partial charge in [-0.05, 0) is 53.9 Å². The van der Waals surface area contributed by atoms with Crippen LogP contribution in [0.15, 0.2) is 53.4 Å². The fourth-order valence-corrected chi connectivity index (χ4v) is 7.35. The maximum absolute atomic E-state index is 13.1. The molecule has 2 aromatic rings. The van der Waals surface area contributed by atoms with Crippen molar-refractivity contribution in [1.29, 1.82) is 0 Å². The molecule has 2 aliphatic rings. The van der Waals surface area contributed by atoms with Crippen molar-refractivity contribution in [1.82, 2.24) is 9.21 Å². The summed E-state index contributed by atoms with van der Waals surface area (Å²) in [5.41, 5.74) is 0.978. The summed E-state index contributed by atoms with van der Waals surface area (Å²) in [5, 5.41) is 0.0587. The highest BCUT2D eigenvalue weighted by atomic mass is 35.5. The van der Waals surface area contributed by atoms with E-state index in [1.807, 2.05) is 35.2 Å². The SMILES string of the molecule is CN(Cc1ccccc1)S(=O)(=O)c1ccc(Cl)c(C(=O)OCC(=O)N2CC3(C)CC2CC(C)(C)C3)c1. The molecule has 194 valence electrons. The average molecular weight is 533 g/mol. The Kier molecular flexibility index (Phi) is 7.25. The van der Waals surface area contributed by atoms with Crippen molar-refractivity contribution in [2.75, 3.05) is 20.2 Å². The first kappa shape index (κ1) is 26.6. The first-order valence-corrected chi connectivity index (χ1v) is 13.9. The molecule has 2 atom stereocenters. The molecule has 2 bridgehead atoms. The summed E-state index contributed by atoms with van der Waals surface area (Å²) < 4.78 is 32.8. The van der Waals surface area contributed by atoms with E-state index in [9.17, 15) is 18.0 Å². The second-order valence-corrected chi connectivity index (χ2v) is 13.7. The van der Waals surface area contributed by atoms with Gasteiger partial charge in [-0.2, -0.15) is 4.31 Å². The number of nitrogens with zero attached hydrogens (tertiary/aromatic N) is 2. The van der Waals surface area contributed by atoms with E-state index in [0.717, 1.165) is 24.8 Å². The molecule has 1 saturated heterocycles. The minimum absolute atomic E-state index is 0.0587. The molecule has 0 spiro atoms.